The van der Waals surface area contributed by atoms with Crippen molar-refractivity contribution in [1.82, 2.24) is 14.8 Å². The highest BCUT2D eigenvalue weighted by Crippen LogP contribution is 2.27. The van der Waals surface area contributed by atoms with Gasteiger partial charge >= 0.3 is 6.18 Å². The molecule has 1 rings (SSSR count). The number of hydrogen-bond acceptors (Lipinski definition) is 2. The summed E-state index contributed by atoms with van der Waals surface area (Å²) < 4.78 is 37.5. The van der Waals surface area contributed by atoms with Gasteiger partial charge in [0.15, 0.2) is 5.96 Å². The van der Waals surface area contributed by atoms with Gasteiger partial charge in [-0.2, -0.15) is 13.2 Å². The van der Waals surface area contributed by atoms with E-state index in [0.29, 0.717) is 5.96 Å². The molecule has 106 valence electrons. The average Bonchev–Trinajstić information content (AvgIpc) is 2.27. The average molecular weight is 274 g/mol. The maximum absolute atomic E-state index is 12.5. The van der Waals surface area contributed by atoms with Crippen LogP contribution < -0.4 is 0 Å². The first-order valence-electron chi connectivity index (χ1n) is 5.64. The molecule has 0 atom stereocenters. The molecular weight excluding hydrogens is 257 g/mol. The molecule has 0 aliphatic heterocycles. The number of alkyl halides is 3. The second-order valence-electron chi connectivity index (χ2n) is 4.42. The molecule has 0 aliphatic carbocycles. The van der Waals surface area contributed by atoms with Gasteiger partial charge in [0.05, 0.1) is 12.2 Å². The number of halogens is 3. The maximum atomic E-state index is 12.5. The zero-order valence-corrected chi connectivity index (χ0v) is 11.4. The lowest BCUT2D eigenvalue weighted by atomic mass is 10.3. The normalized spacial score (nSPS) is 11.1. The molecule has 0 saturated carbocycles. The molecule has 0 radical (unpaired) electrons. The Balaban J connectivity index is 2.91. The molecule has 4 nitrogen and oxygen atoms in total. The molecule has 1 aromatic heterocycles. The van der Waals surface area contributed by atoms with Crippen LogP contribution in [0.15, 0.2) is 23.2 Å². The van der Waals surface area contributed by atoms with Crippen LogP contribution in [-0.2, 0) is 12.7 Å². The predicted octanol–water partition coefficient (Wildman–Crippen LogP) is 2.08. The standard InChI is InChI=1S/C12H17F3N4/c1-18(2)11(19(3)4)16-8-9-6-5-7-10(17-9)12(13,14)15/h5-7H,8H2,1-4H3. The molecule has 0 aliphatic rings. The van der Waals surface area contributed by atoms with Crippen molar-refractivity contribution in [2.75, 3.05) is 28.2 Å². The number of pyridine rings is 1. The van der Waals surface area contributed by atoms with E-state index in [1.54, 1.807) is 9.80 Å². The monoisotopic (exact) mass is 274 g/mol. The van der Waals surface area contributed by atoms with E-state index in [1.807, 2.05) is 28.2 Å². The highest BCUT2D eigenvalue weighted by molar-refractivity contribution is 5.79. The van der Waals surface area contributed by atoms with Gasteiger partial charge in [0.2, 0.25) is 0 Å². The summed E-state index contributed by atoms with van der Waals surface area (Å²) in [4.78, 5) is 11.4. The van der Waals surface area contributed by atoms with E-state index in [0.717, 1.165) is 6.07 Å². The zero-order valence-electron chi connectivity index (χ0n) is 11.4. The molecular formula is C12H17F3N4. The largest absolute Gasteiger partial charge is 0.433 e. The van der Waals surface area contributed by atoms with E-state index < -0.39 is 11.9 Å². The van der Waals surface area contributed by atoms with Crippen LogP contribution in [0.1, 0.15) is 11.4 Å². The Hall–Kier alpha value is -1.79. The molecule has 0 spiro atoms. The summed E-state index contributed by atoms with van der Waals surface area (Å²) in [5.74, 6) is 0.666. The van der Waals surface area contributed by atoms with Gasteiger partial charge in [0.25, 0.3) is 0 Å². The Bertz CT molecular complexity index is 443. The summed E-state index contributed by atoms with van der Waals surface area (Å²) in [6.45, 7) is 0.107. The Morgan fingerprint density at radius 3 is 2.21 bits per heavy atom. The molecule has 1 aromatic rings. The molecule has 0 bridgehead atoms. The Labute approximate surface area is 110 Å². The summed E-state index contributed by atoms with van der Waals surface area (Å²) in [5, 5.41) is 0. The number of nitrogens with zero attached hydrogens (tertiary/aromatic N) is 4. The van der Waals surface area contributed by atoms with Crippen molar-refractivity contribution >= 4 is 5.96 Å². The SMILES string of the molecule is CN(C)C(=NCc1cccc(C(F)(F)F)n1)N(C)C. The number of aromatic nitrogens is 1. The van der Waals surface area contributed by atoms with Gasteiger partial charge in [-0.15, -0.1) is 0 Å². The first-order chi connectivity index (χ1) is 8.71. The van der Waals surface area contributed by atoms with Crippen molar-refractivity contribution in [3.8, 4) is 0 Å². The molecule has 19 heavy (non-hydrogen) atoms. The Morgan fingerprint density at radius 2 is 1.74 bits per heavy atom. The van der Waals surface area contributed by atoms with E-state index in [1.165, 1.54) is 12.1 Å². The quantitative estimate of drug-likeness (QED) is 0.611. The van der Waals surface area contributed by atoms with Crippen molar-refractivity contribution in [2.45, 2.75) is 12.7 Å². The first-order valence-corrected chi connectivity index (χ1v) is 5.64. The maximum Gasteiger partial charge on any atom is 0.433 e. The van der Waals surface area contributed by atoms with Gasteiger partial charge in [-0.05, 0) is 12.1 Å². The highest BCUT2D eigenvalue weighted by Gasteiger charge is 2.32. The highest BCUT2D eigenvalue weighted by atomic mass is 19.4. The lowest BCUT2D eigenvalue weighted by molar-refractivity contribution is -0.141. The summed E-state index contributed by atoms with van der Waals surface area (Å²) in [6.07, 6.45) is -4.42. The van der Waals surface area contributed by atoms with Crippen molar-refractivity contribution in [3.63, 3.8) is 0 Å². The smallest absolute Gasteiger partial charge is 0.349 e. The number of hydrogen-bond donors (Lipinski definition) is 0. The topological polar surface area (TPSA) is 31.7 Å². The lowest BCUT2D eigenvalue weighted by Crippen LogP contribution is -2.35. The van der Waals surface area contributed by atoms with E-state index in [-0.39, 0.29) is 12.2 Å². The van der Waals surface area contributed by atoms with E-state index in [9.17, 15) is 13.2 Å². The van der Waals surface area contributed by atoms with Gasteiger partial charge in [-0.25, -0.2) is 9.98 Å². The van der Waals surface area contributed by atoms with Crippen molar-refractivity contribution in [2.24, 2.45) is 4.99 Å². The van der Waals surface area contributed by atoms with Crippen molar-refractivity contribution in [3.05, 3.63) is 29.6 Å². The second-order valence-corrected chi connectivity index (χ2v) is 4.42. The molecule has 0 amide bonds. The fourth-order valence-corrected chi connectivity index (χ4v) is 1.56. The number of rotatable bonds is 2. The minimum Gasteiger partial charge on any atom is -0.349 e. The van der Waals surface area contributed by atoms with Crippen LogP contribution in [0.5, 0.6) is 0 Å². The van der Waals surface area contributed by atoms with Gasteiger partial charge in [0.1, 0.15) is 5.69 Å². The van der Waals surface area contributed by atoms with Crippen LogP contribution in [0, 0.1) is 0 Å². The minimum absolute atomic E-state index is 0.107. The van der Waals surface area contributed by atoms with E-state index in [2.05, 4.69) is 9.98 Å². The zero-order chi connectivity index (χ0) is 14.6. The fraction of sp³-hybridized carbons (Fsp3) is 0.500. The van der Waals surface area contributed by atoms with Crippen LogP contribution in [0.3, 0.4) is 0 Å². The van der Waals surface area contributed by atoms with E-state index >= 15 is 0 Å². The van der Waals surface area contributed by atoms with Gasteiger partial charge in [-0.1, -0.05) is 6.07 Å². The second kappa shape index (κ2) is 5.90. The van der Waals surface area contributed by atoms with Crippen LogP contribution in [-0.4, -0.2) is 48.9 Å². The molecule has 7 heteroatoms. The lowest BCUT2D eigenvalue weighted by Gasteiger charge is -2.22. The fourth-order valence-electron chi connectivity index (χ4n) is 1.56. The van der Waals surface area contributed by atoms with Crippen molar-refractivity contribution < 1.29 is 13.2 Å². The summed E-state index contributed by atoms with van der Waals surface area (Å²) in [6, 6.07) is 3.82. The first kappa shape index (κ1) is 15.3. The third-order valence-corrected chi connectivity index (χ3v) is 2.28. The third-order valence-electron chi connectivity index (χ3n) is 2.28. The summed E-state index contributed by atoms with van der Waals surface area (Å²) >= 11 is 0. The molecule has 1 heterocycles. The molecule has 0 fully saturated rings. The number of guanidine groups is 1. The van der Waals surface area contributed by atoms with Crippen molar-refractivity contribution in [1.29, 1.82) is 0 Å². The van der Waals surface area contributed by atoms with Crippen LogP contribution >= 0.6 is 0 Å². The molecule has 0 N–H and O–H groups in total. The van der Waals surface area contributed by atoms with Gasteiger partial charge in [-0.3, -0.25) is 0 Å². The van der Waals surface area contributed by atoms with Gasteiger partial charge < -0.3 is 9.80 Å². The predicted molar refractivity (Wildman–Crippen MR) is 67.8 cm³/mol. The van der Waals surface area contributed by atoms with Crippen LogP contribution in [0.4, 0.5) is 13.2 Å². The van der Waals surface area contributed by atoms with E-state index in [4.69, 9.17) is 0 Å². The summed E-state index contributed by atoms with van der Waals surface area (Å²) in [5.41, 5.74) is -0.604. The summed E-state index contributed by atoms with van der Waals surface area (Å²) in [7, 11) is 7.27. The van der Waals surface area contributed by atoms with Crippen LogP contribution in [0.2, 0.25) is 0 Å². The minimum atomic E-state index is -4.42. The Kier molecular flexibility index (Phi) is 4.74. The Morgan fingerprint density at radius 1 is 1.16 bits per heavy atom. The molecule has 0 saturated heterocycles. The number of aliphatic imine (C=N–C) groups is 1. The molecule has 0 unspecified atom stereocenters. The van der Waals surface area contributed by atoms with Gasteiger partial charge in [0, 0.05) is 28.2 Å². The molecule has 0 aromatic carbocycles. The van der Waals surface area contributed by atoms with Crippen LogP contribution in [0.25, 0.3) is 0 Å². The third kappa shape index (κ3) is 4.42.